The number of hydrogen-bond acceptors (Lipinski definition) is 3. The SMILES string of the molecule is Cc1cc(C)c(C)c(O[C@H](C)C(=O)NCCOc2ccc(Cl)cc2)c1. The first-order chi connectivity index (χ1) is 11.9. The van der Waals surface area contributed by atoms with E-state index in [-0.39, 0.29) is 5.91 Å². The van der Waals surface area contributed by atoms with Gasteiger partial charge >= 0.3 is 0 Å². The van der Waals surface area contributed by atoms with E-state index in [1.54, 1.807) is 31.2 Å². The first-order valence-electron chi connectivity index (χ1n) is 8.27. The first kappa shape index (κ1) is 19.1. The van der Waals surface area contributed by atoms with Crippen molar-refractivity contribution in [1.82, 2.24) is 5.32 Å². The second-order valence-electron chi connectivity index (χ2n) is 6.06. The van der Waals surface area contributed by atoms with E-state index >= 15 is 0 Å². The zero-order chi connectivity index (χ0) is 18.4. The van der Waals surface area contributed by atoms with Gasteiger partial charge in [0.1, 0.15) is 18.1 Å². The van der Waals surface area contributed by atoms with Crippen molar-refractivity contribution in [3.8, 4) is 11.5 Å². The third-order valence-electron chi connectivity index (χ3n) is 3.92. The van der Waals surface area contributed by atoms with Gasteiger partial charge in [0.15, 0.2) is 6.10 Å². The zero-order valence-corrected chi connectivity index (χ0v) is 15.8. The number of amides is 1. The predicted molar refractivity (Wildman–Crippen MR) is 101 cm³/mol. The molecule has 134 valence electrons. The number of rotatable bonds is 7. The molecule has 0 spiro atoms. The largest absolute Gasteiger partial charge is 0.492 e. The predicted octanol–water partition coefficient (Wildman–Crippen LogP) is 4.23. The molecule has 0 aliphatic heterocycles. The molecule has 0 saturated carbocycles. The van der Waals surface area contributed by atoms with Crippen LogP contribution < -0.4 is 14.8 Å². The summed E-state index contributed by atoms with van der Waals surface area (Å²) in [5, 5.41) is 3.48. The van der Waals surface area contributed by atoms with Gasteiger partial charge in [-0.1, -0.05) is 17.7 Å². The summed E-state index contributed by atoms with van der Waals surface area (Å²) in [5.74, 6) is 1.30. The lowest BCUT2D eigenvalue weighted by atomic mass is 10.1. The molecule has 2 rings (SSSR count). The summed E-state index contributed by atoms with van der Waals surface area (Å²) in [5.41, 5.74) is 3.32. The quantitative estimate of drug-likeness (QED) is 0.751. The Hall–Kier alpha value is -2.20. The highest BCUT2D eigenvalue weighted by molar-refractivity contribution is 6.30. The van der Waals surface area contributed by atoms with Crippen molar-refractivity contribution in [3.05, 3.63) is 58.1 Å². The number of carbonyl (C=O) groups excluding carboxylic acids is 1. The van der Waals surface area contributed by atoms with Gasteiger partial charge in [-0.25, -0.2) is 0 Å². The smallest absolute Gasteiger partial charge is 0.260 e. The molecule has 0 saturated heterocycles. The van der Waals surface area contributed by atoms with Crippen LogP contribution in [0.4, 0.5) is 0 Å². The molecule has 2 aromatic rings. The molecule has 0 radical (unpaired) electrons. The summed E-state index contributed by atoms with van der Waals surface area (Å²) in [4.78, 5) is 12.2. The van der Waals surface area contributed by atoms with Gasteiger partial charge < -0.3 is 14.8 Å². The Bertz CT molecular complexity index is 728. The van der Waals surface area contributed by atoms with E-state index in [0.717, 1.165) is 22.4 Å². The molecule has 1 atom stereocenters. The van der Waals surface area contributed by atoms with E-state index in [1.807, 2.05) is 26.8 Å². The molecule has 0 unspecified atom stereocenters. The van der Waals surface area contributed by atoms with Crippen LogP contribution in [0.5, 0.6) is 11.5 Å². The average molecular weight is 362 g/mol. The van der Waals surface area contributed by atoms with Crippen LogP contribution in [-0.4, -0.2) is 25.2 Å². The highest BCUT2D eigenvalue weighted by atomic mass is 35.5. The van der Waals surface area contributed by atoms with Gasteiger partial charge in [-0.2, -0.15) is 0 Å². The van der Waals surface area contributed by atoms with Gasteiger partial charge in [0.05, 0.1) is 6.54 Å². The zero-order valence-electron chi connectivity index (χ0n) is 15.1. The molecule has 0 aliphatic carbocycles. The highest BCUT2D eigenvalue weighted by Gasteiger charge is 2.16. The van der Waals surface area contributed by atoms with E-state index in [9.17, 15) is 4.79 Å². The van der Waals surface area contributed by atoms with Gasteiger partial charge in [0.25, 0.3) is 5.91 Å². The van der Waals surface area contributed by atoms with Crippen LogP contribution in [0.1, 0.15) is 23.6 Å². The fourth-order valence-corrected chi connectivity index (χ4v) is 2.51. The van der Waals surface area contributed by atoms with Crippen LogP contribution in [0.3, 0.4) is 0 Å². The molecule has 0 aliphatic rings. The number of hydrogen-bond donors (Lipinski definition) is 1. The normalized spacial score (nSPS) is 11.7. The van der Waals surface area contributed by atoms with Crippen molar-refractivity contribution in [3.63, 3.8) is 0 Å². The minimum atomic E-state index is -0.574. The number of nitrogens with one attached hydrogen (secondary N) is 1. The Kier molecular flexibility index (Phi) is 6.71. The average Bonchev–Trinajstić information content (AvgIpc) is 2.57. The summed E-state index contributed by atoms with van der Waals surface area (Å²) in [7, 11) is 0. The highest BCUT2D eigenvalue weighted by Crippen LogP contribution is 2.24. The molecule has 25 heavy (non-hydrogen) atoms. The third-order valence-corrected chi connectivity index (χ3v) is 4.17. The van der Waals surface area contributed by atoms with E-state index in [4.69, 9.17) is 21.1 Å². The van der Waals surface area contributed by atoms with Gasteiger partial charge in [-0.15, -0.1) is 0 Å². The van der Waals surface area contributed by atoms with E-state index in [1.165, 1.54) is 0 Å². The van der Waals surface area contributed by atoms with Crippen molar-refractivity contribution in [2.45, 2.75) is 33.8 Å². The van der Waals surface area contributed by atoms with E-state index in [2.05, 4.69) is 11.4 Å². The van der Waals surface area contributed by atoms with Crippen LogP contribution in [0.25, 0.3) is 0 Å². The van der Waals surface area contributed by atoms with Crippen molar-refractivity contribution < 1.29 is 14.3 Å². The van der Waals surface area contributed by atoms with Gasteiger partial charge in [0.2, 0.25) is 0 Å². The Morgan fingerprint density at radius 2 is 1.84 bits per heavy atom. The second kappa shape index (κ2) is 8.77. The first-order valence-corrected chi connectivity index (χ1v) is 8.65. The molecule has 4 nitrogen and oxygen atoms in total. The Morgan fingerprint density at radius 3 is 2.52 bits per heavy atom. The maximum atomic E-state index is 12.2. The Morgan fingerprint density at radius 1 is 1.16 bits per heavy atom. The number of carbonyl (C=O) groups is 1. The monoisotopic (exact) mass is 361 g/mol. The summed E-state index contributed by atoms with van der Waals surface area (Å²) in [6, 6.07) is 11.2. The summed E-state index contributed by atoms with van der Waals surface area (Å²) in [6.07, 6.45) is -0.574. The van der Waals surface area contributed by atoms with Crippen LogP contribution in [0.2, 0.25) is 5.02 Å². The lowest BCUT2D eigenvalue weighted by Crippen LogP contribution is -2.38. The van der Waals surface area contributed by atoms with Gasteiger partial charge in [-0.3, -0.25) is 4.79 Å². The second-order valence-corrected chi connectivity index (χ2v) is 6.49. The van der Waals surface area contributed by atoms with Crippen LogP contribution in [-0.2, 0) is 4.79 Å². The Balaban J connectivity index is 1.79. The van der Waals surface area contributed by atoms with E-state index in [0.29, 0.717) is 23.9 Å². The van der Waals surface area contributed by atoms with Crippen LogP contribution in [0.15, 0.2) is 36.4 Å². The number of ether oxygens (including phenoxy) is 2. The topological polar surface area (TPSA) is 47.6 Å². The maximum Gasteiger partial charge on any atom is 0.260 e. The Labute approximate surface area is 154 Å². The van der Waals surface area contributed by atoms with Crippen LogP contribution in [0, 0.1) is 20.8 Å². The van der Waals surface area contributed by atoms with Crippen molar-refractivity contribution in [2.24, 2.45) is 0 Å². The minimum Gasteiger partial charge on any atom is -0.492 e. The molecule has 1 N–H and O–H groups in total. The molecule has 0 heterocycles. The molecule has 5 heteroatoms. The number of halogens is 1. The number of aryl methyl sites for hydroxylation is 2. The fourth-order valence-electron chi connectivity index (χ4n) is 2.38. The standard InChI is InChI=1S/C20H24ClNO3/c1-13-11-14(2)15(3)19(12-13)25-16(4)20(23)22-9-10-24-18-7-5-17(21)6-8-18/h5-8,11-12,16H,9-10H2,1-4H3,(H,22,23)/t16-/m1/s1. The molecule has 0 bridgehead atoms. The van der Waals surface area contributed by atoms with Crippen molar-refractivity contribution >= 4 is 17.5 Å². The molecular weight excluding hydrogens is 338 g/mol. The lowest BCUT2D eigenvalue weighted by Gasteiger charge is -2.18. The molecular formula is C20H24ClNO3. The maximum absolute atomic E-state index is 12.2. The lowest BCUT2D eigenvalue weighted by molar-refractivity contribution is -0.127. The summed E-state index contributed by atoms with van der Waals surface area (Å²) < 4.78 is 11.4. The molecule has 1 amide bonds. The third kappa shape index (κ3) is 5.68. The molecule has 0 fully saturated rings. The van der Waals surface area contributed by atoms with Gasteiger partial charge in [0, 0.05) is 5.02 Å². The number of benzene rings is 2. The van der Waals surface area contributed by atoms with Crippen molar-refractivity contribution in [2.75, 3.05) is 13.2 Å². The fraction of sp³-hybridized carbons (Fsp3) is 0.350. The van der Waals surface area contributed by atoms with Crippen LogP contribution >= 0.6 is 11.6 Å². The molecule has 0 aromatic heterocycles. The summed E-state index contributed by atoms with van der Waals surface area (Å²) >= 11 is 5.82. The summed E-state index contributed by atoms with van der Waals surface area (Å²) in [6.45, 7) is 8.57. The van der Waals surface area contributed by atoms with E-state index < -0.39 is 6.10 Å². The molecule has 2 aromatic carbocycles. The van der Waals surface area contributed by atoms with Gasteiger partial charge in [-0.05, 0) is 74.7 Å². The minimum absolute atomic E-state index is 0.168. The van der Waals surface area contributed by atoms with Crippen molar-refractivity contribution in [1.29, 1.82) is 0 Å².